The van der Waals surface area contributed by atoms with E-state index < -0.39 is 6.10 Å². The number of hydrogen-bond donors (Lipinski definition) is 2. The molecule has 2 N–H and O–H groups in total. The molecule has 4 heteroatoms. The molecule has 0 bridgehead atoms. The van der Waals surface area contributed by atoms with Crippen LogP contribution in [0.5, 0.6) is 0 Å². The molecule has 1 unspecified atom stereocenters. The fraction of sp³-hybridized carbons (Fsp3) is 0.214. The number of aliphatic hydroxyl groups excluding tert-OH is 1. The van der Waals surface area contributed by atoms with Crippen LogP contribution >= 0.6 is 0 Å². The zero-order chi connectivity index (χ0) is 12.8. The summed E-state index contributed by atoms with van der Waals surface area (Å²) in [5, 5.41) is 12.9. The average Bonchev–Trinajstić information content (AvgIpc) is 2.40. The summed E-state index contributed by atoms with van der Waals surface area (Å²) in [6.07, 6.45) is 0.861. The highest BCUT2D eigenvalue weighted by Crippen LogP contribution is 2.15. The predicted molar refractivity (Wildman–Crippen MR) is 67.3 cm³/mol. The maximum absolute atomic E-state index is 13.4. The van der Waals surface area contributed by atoms with Gasteiger partial charge in [-0.1, -0.05) is 24.3 Å². The molecule has 0 aliphatic carbocycles. The van der Waals surface area contributed by atoms with E-state index in [0.717, 1.165) is 5.69 Å². The molecule has 0 radical (unpaired) electrons. The third kappa shape index (κ3) is 3.35. The van der Waals surface area contributed by atoms with Crippen molar-refractivity contribution in [1.29, 1.82) is 0 Å². The van der Waals surface area contributed by atoms with Crippen LogP contribution in [-0.2, 0) is 6.54 Å². The highest BCUT2D eigenvalue weighted by molar-refractivity contribution is 5.20. The van der Waals surface area contributed by atoms with Gasteiger partial charge in [0.15, 0.2) is 0 Å². The number of halogens is 1. The molecule has 3 nitrogen and oxygen atoms in total. The molecule has 0 fully saturated rings. The summed E-state index contributed by atoms with van der Waals surface area (Å²) in [5.41, 5.74) is 1.20. The van der Waals surface area contributed by atoms with Gasteiger partial charge < -0.3 is 10.4 Å². The van der Waals surface area contributed by atoms with Crippen molar-refractivity contribution >= 4 is 0 Å². The Morgan fingerprint density at radius 2 is 1.94 bits per heavy atom. The average molecular weight is 246 g/mol. The molecular weight excluding hydrogens is 231 g/mol. The monoisotopic (exact) mass is 246 g/mol. The summed E-state index contributed by atoms with van der Waals surface area (Å²) in [6.45, 7) is 0.837. The van der Waals surface area contributed by atoms with E-state index in [2.05, 4.69) is 10.3 Å². The Kier molecular flexibility index (Phi) is 4.39. The molecule has 94 valence electrons. The van der Waals surface area contributed by atoms with Gasteiger partial charge in [-0.25, -0.2) is 4.39 Å². The third-order valence-corrected chi connectivity index (χ3v) is 2.63. The van der Waals surface area contributed by atoms with Crippen LogP contribution in [0.3, 0.4) is 0 Å². The Bertz CT molecular complexity index is 490. The molecule has 1 aromatic carbocycles. The maximum Gasteiger partial charge on any atom is 0.129 e. The van der Waals surface area contributed by atoms with Gasteiger partial charge >= 0.3 is 0 Å². The van der Waals surface area contributed by atoms with E-state index in [9.17, 15) is 9.50 Å². The van der Waals surface area contributed by atoms with Crippen molar-refractivity contribution in [1.82, 2.24) is 10.3 Å². The first-order valence-electron chi connectivity index (χ1n) is 5.80. The molecule has 1 heterocycles. The number of pyridine rings is 1. The van der Waals surface area contributed by atoms with Crippen LogP contribution in [0.4, 0.5) is 4.39 Å². The summed E-state index contributed by atoms with van der Waals surface area (Å²) < 4.78 is 13.4. The van der Waals surface area contributed by atoms with Crippen LogP contribution in [0.1, 0.15) is 17.4 Å². The highest BCUT2D eigenvalue weighted by Gasteiger charge is 2.11. The van der Waals surface area contributed by atoms with Crippen molar-refractivity contribution in [3.05, 3.63) is 65.7 Å². The summed E-state index contributed by atoms with van der Waals surface area (Å²) in [5.74, 6) is -0.385. The molecule has 1 atom stereocenters. The third-order valence-electron chi connectivity index (χ3n) is 2.63. The Morgan fingerprint density at radius 3 is 2.67 bits per heavy atom. The minimum absolute atomic E-state index is 0.289. The molecule has 0 amide bonds. The lowest BCUT2D eigenvalue weighted by Crippen LogP contribution is -2.22. The Labute approximate surface area is 105 Å². The van der Waals surface area contributed by atoms with Crippen LogP contribution in [0, 0.1) is 5.82 Å². The quantitative estimate of drug-likeness (QED) is 0.848. The SMILES string of the molecule is OC(CNCc1ccccn1)c1ccccc1F. The van der Waals surface area contributed by atoms with Crippen molar-refractivity contribution in [3.8, 4) is 0 Å². The van der Waals surface area contributed by atoms with Gasteiger partial charge in [0.1, 0.15) is 5.82 Å². The summed E-state index contributed by atoms with van der Waals surface area (Å²) in [6, 6.07) is 11.9. The second-order valence-corrected chi connectivity index (χ2v) is 3.99. The van der Waals surface area contributed by atoms with Crippen molar-refractivity contribution in [3.63, 3.8) is 0 Å². The zero-order valence-electron chi connectivity index (χ0n) is 9.88. The number of hydrogen-bond acceptors (Lipinski definition) is 3. The van der Waals surface area contributed by atoms with E-state index in [1.54, 1.807) is 24.4 Å². The first-order valence-corrected chi connectivity index (χ1v) is 5.80. The van der Waals surface area contributed by atoms with Gasteiger partial charge in [-0.2, -0.15) is 0 Å². The number of nitrogens with zero attached hydrogens (tertiary/aromatic N) is 1. The van der Waals surface area contributed by atoms with E-state index in [1.807, 2.05) is 18.2 Å². The number of nitrogens with one attached hydrogen (secondary N) is 1. The van der Waals surface area contributed by atoms with Gasteiger partial charge in [0.2, 0.25) is 0 Å². The van der Waals surface area contributed by atoms with Crippen LogP contribution in [0.15, 0.2) is 48.7 Å². The molecular formula is C14H15FN2O. The van der Waals surface area contributed by atoms with Gasteiger partial charge in [0.05, 0.1) is 11.8 Å². The molecule has 2 aromatic rings. The van der Waals surface area contributed by atoms with Crippen molar-refractivity contribution in [2.45, 2.75) is 12.6 Å². The minimum atomic E-state index is -0.852. The highest BCUT2D eigenvalue weighted by atomic mass is 19.1. The Hall–Kier alpha value is -1.78. The van der Waals surface area contributed by atoms with Gasteiger partial charge in [-0.3, -0.25) is 4.98 Å². The van der Waals surface area contributed by atoms with E-state index in [0.29, 0.717) is 12.1 Å². The topological polar surface area (TPSA) is 45.1 Å². The minimum Gasteiger partial charge on any atom is -0.387 e. The summed E-state index contributed by atoms with van der Waals surface area (Å²) >= 11 is 0. The van der Waals surface area contributed by atoms with Crippen molar-refractivity contribution < 1.29 is 9.50 Å². The second kappa shape index (κ2) is 6.23. The molecule has 0 aliphatic rings. The fourth-order valence-corrected chi connectivity index (χ4v) is 1.69. The first kappa shape index (κ1) is 12.7. The Balaban J connectivity index is 1.86. The van der Waals surface area contributed by atoms with E-state index >= 15 is 0 Å². The zero-order valence-corrected chi connectivity index (χ0v) is 9.88. The van der Waals surface area contributed by atoms with Crippen LogP contribution in [0.25, 0.3) is 0 Å². The number of benzene rings is 1. The summed E-state index contributed by atoms with van der Waals surface area (Å²) in [4.78, 5) is 4.15. The summed E-state index contributed by atoms with van der Waals surface area (Å²) in [7, 11) is 0. The molecule has 0 saturated carbocycles. The maximum atomic E-state index is 13.4. The standard InChI is InChI=1S/C14H15FN2O/c15-13-7-2-1-6-12(13)14(18)10-16-9-11-5-3-4-8-17-11/h1-8,14,16,18H,9-10H2. The van der Waals surface area contributed by atoms with Gasteiger partial charge in [0.25, 0.3) is 0 Å². The van der Waals surface area contributed by atoms with E-state index in [-0.39, 0.29) is 12.4 Å². The van der Waals surface area contributed by atoms with Gasteiger partial charge in [-0.05, 0) is 18.2 Å². The first-order chi connectivity index (χ1) is 8.77. The van der Waals surface area contributed by atoms with E-state index in [1.165, 1.54) is 6.07 Å². The fourth-order valence-electron chi connectivity index (χ4n) is 1.69. The Morgan fingerprint density at radius 1 is 1.17 bits per heavy atom. The molecule has 0 aliphatic heterocycles. The molecule has 0 saturated heterocycles. The van der Waals surface area contributed by atoms with Crippen LogP contribution in [0.2, 0.25) is 0 Å². The van der Waals surface area contributed by atoms with Crippen molar-refractivity contribution in [2.24, 2.45) is 0 Å². The largest absolute Gasteiger partial charge is 0.387 e. The number of rotatable bonds is 5. The smallest absolute Gasteiger partial charge is 0.129 e. The predicted octanol–water partition coefficient (Wildman–Crippen LogP) is 2.04. The molecule has 18 heavy (non-hydrogen) atoms. The normalized spacial score (nSPS) is 12.3. The molecule has 1 aromatic heterocycles. The molecule has 2 rings (SSSR count). The van der Waals surface area contributed by atoms with E-state index in [4.69, 9.17) is 0 Å². The lowest BCUT2D eigenvalue weighted by Gasteiger charge is -2.12. The van der Waals surface area contributed by atoms with Crippen LogP contribution < -0.4 is 5.32 Å². The van der Waals surface area contributed by atoms with Gasteiger partial charge in [0, 0.05) is 24.8 Å². The number of aliphatic hydroxyl groups is 1. The van der Waals surface area contributed by atoms with Crippen LogP contribution in [-0.4, -0.2) is 16.6 Å². The number of aromatic nitrogens is 1. The van der Waals surface area contributed by atoms with Crippen molar-refractivity contribution in [2.75, 3.05) is 6.54 Å². The van der Waals surface area contributed by atoms with Gasteiger partial charge in [-0.15, -0.1) is 0 Å². The molecule has 0 spiro atoms. The lowest BCUT2D eigenvalue weighted by molar-refractivity contribution is 0.169. The second-order valence-electron chi connectivity index (χ2n) is 3.99. The lowest BCUT2D eigenvalue weighted by atomic mass is 10.1.